The monoisotopic (exact) mass is 210 g/mol. The molecule has 1 saturated carbocycles. The number of anilines is 1. The van der Waals surface area contributed by atoms with Gasteiger partial charge in [-0.15, -0.1) is 11.3 Å². The second-order valence-electron chi connectivity index (χ2n) is 3.89. The van der Waals surface area contributed by atoms with Crippen LogP contribution in [-0.4, -0.2) is 12.5 Å². The number of amides is 1. The lowest BCUT2D eigenvalue weighted by molar-refractivity contribution is 0.0956. The molecule has 1 fully saturated rings. The van der Waals surface area contributed by atoms with Crippen LogP contribution in [0.15, 0.2) is 11.4 Å². The maximum Gasteiger partial charge on any atom is 0.263 e. The molecule has 0 bridgehead atoms. The summed E-state index contributed by atoms with van der Waals surface area (Å²) in [5.41, 5.74) is 6.22. The molecule has 1 aromatic rings. The Kier molecular flexibility index (Phi) is 2.46. The summed E-state index contributed by atoms with van der Waals surface area (Å²) in [5, 5.41) is 4.75. The molecule has 0 aliphatic heterocycles. The first-order chi connectivity index (χ1) is 6.68. The van der Waals surface area contributed by atoms with Crippen molar-refractivity contribution in [1.29, 1.82) is 0 Å². The van der Waals surface area contributed by atoms with Crippen LogP contribution in [0.3, 0.4) is 0 Å². The molecule has 0 aromatic carbocycles. The Morgan fingerprint density at radius 3 is 3.00 bits per heavy atom. The van der Waals surface area contributed by atoms with Gasteiger partial charge in [0.05, 0.1) is 5.69 Å². The standard InChI is InChI=1S/C10H14N2OS/c1-6-4-7(6)5-12-10(13)9-8(11)2-3-14-9/h2-3,6-7H,4-5,11H2,1H3,(H,12,13). The minimum Gasteiger partial charge on any atom is -0.397 e. The van der Waals surface area contributed by atoms with Crippen molar-refractivity contribution >= 4 is 22.9 Å². The van der Waals surface area contributed by atoms with E-state index >= 15 is 0 Å². The van der Waals surface area contributed by atoms with E-state index in [4.69, 9.17) is 5.73 Å². The van der Waals surface area contributed by atoms with Gasteiger partial charge in [0.1, 0.15) is 4.88 Å². The molecule has 2 rings (SSSR count). The van der Waals surface area contributed by atoms with Gasteiger partial charge in [-0.05, 0) is 29.7 Å². The number of nitrogens with two attached hydrogens (primary N) is 1. The van der Waals surface area contributed by atoms with Gasteiger partial charge in [-0.2, -0.15) is 0 Å². The number of hydrogen-bond donors (Lipinski definition) is 2. The smallest absolute Gasteiger partial charge is 0.263 e. The van der Waals surface area contributed by atoms with Crippen LogP contribution in [0.5, 0.6) is 0 Å². The number of carbonyl (C=O) groups excluding carboxylic acids is 1. The fourth-order valence-electron chi connectivity index (χ4n) is 1.49. The van der Waals surface area contributed by atoms with E-state index in [0.717, 1.165) is 12.5 Å². The van der Waals surface area contributed by atoms with E-state index in [-0.39, 0.29) is 5.91 Å². The summed E-state index contributed by atoms with van der Waals surface area (Å²) in [7, 11) is 0. The van der Waals surface area contributed by atoms with E-state index in [0.29, 0.717) is 16.5 Å². The molecule has 4 heteroatoms. The Balaban J connectivity index is 1.87. The van der Waals surface area contributed by atoms with Crippen molar-refractivity contribution in [2.45, 2.75) is 13.3 Å². The Labute approximate surface area is 87.3 Å². The topological polar surface area (TPSA) is 55.1 Å². The van der Waals surface area contributed by atoms with Crippen molar-refractivity contribution in [2.75, 3.05) is 12.3 Å². The van der Waals surface area contributed by atoms with Gasteiger partial charge in [0.2, 0.25) is 0 Å². The summed E-state index contributed by atoms with van der Waals surface area (Å²) in [6.45, 7) is 2.99. The van der Waals surface area contributed by atoms with E-state index in [1.807, 2.05) is 5.38 Å². The highest BCUT2D eigenvalue weighted by atomic mass is 32.1. The number of rotatable bonds is 3. The van der Waals surface area contributed by atoms with Gasteiger partial charge in [-0.25, -0.2) is 0 Å². The molecule has 2 unspecified atom stereocenters. The Morgan fingerprint density at radius 1 is 1.79 bits per heavy atom. The van der Waals surface area contributed by atoms with E-state index in [9.17, 15) is 4.79 Å². The van der Waals surface area contributed by atoms with E-state index in [1.165, 1.54) is 17.8 Å². The maximum atomic E-state index is 11.6. The lowest BCUT2D eigenvalue weighted by Crippen LogP contribution is -2.25. The van der Waals surface area contributed by atoms with Crippen LogP contribution in [0.1, 0.15) is 23.0 Å². The molecule has 1 aromatic heterocycles. The number of nitrogens with one attached hydrogen (secondary N) is 1. The summed E-state index contributed by atoms with van der Waals surface area (Å²) in [6, 6.07) is 1.76. The highest BCUT2D eigenvalue weighted by Crippen LogP contribution is 2.36. The third kappa shape index (κ3) is 1.90. The highest BCUT2D eigenvalue weighted by Gasteiger charge is 2.32. The van der Waals surface area contributed by atoms with Gasteiger partial charge in [0, 0.05) is 6.54 Å². The SMILES string of the molecule is CC1CC1CNC(=O)c1sccc1N. The highest BCUT2D eigenvalue weighted by molar-refractivity contribution is 7.12. The maximum absolute atomic E-state index is 11.6. The first-order valence-corrected chi connectivity index (χ1v) is 5.67. The number of carbonyl (C=O) groups is 1. The first-order valence-electron chi connectivity index (χ1n) is 4.79. The van der Waals surface area contributed by atoms with Crippen molar-refractivity contribution in [3.8, 4) is 0 Å². The van der Waals surface area contributed by atoms with Crippen LogP contribution in [0.2, 0.25) is 0 Å². The fraction of sp³-hybridized carbons (Fsp3) is 0.500. The molecule has 76 valence electrons. The predicted octanol–water partition coefficient (Wildman–Crippen LogP) is 1.72. The number of thiophene rings is 1. The third-order valence-electron chi connectivity index (χ3n) is 2.70. The Hall–Kier alpha value is -1.03. The predicted molar refractivity (Wildman–Crippen MR) is 58.3 cm³/mol. The quantitative estimate of drug-likeness (QED) is 0.798. The molecule has 14 heavy (non-hydrogen) atoms. The van der Waals surface area contributed by atoms with Crippen LogP contribution in [0, 0.1) is 11.8 Å². The summed E-state index contributed by atoms with van der Waals surface area (Å²) < 4.78 is 0. The number of nitrogen functional groups attached to an aromatic ring is 1. The molecule has 3 N–H and O–H groups in total. The average molecular weight is 210 g/mol. The van der Waals surface area contributed by atoms with Crippen LogP contribution in [0.4, 0.5) is 5.69 Å². The fourth-order valence-corrected chi connectivity index (χ4v) is 2.23. The van der Waals surface area contributed by atoms with Gasteiger partial charge in [0.15, 0.2) is 0 Å². The van der Waals surface area contributed by atoms with E-state index < -0.39 is 0 Å². The van der Waals surface area contributed by atoms with Gasteiger partial charge >= 0.3 is 0 Å². The van der Waals surface area contributed by atoms with Crippen molar-refractivity contribution in [3.63, 3.8) is 0 Å². The summed E-state index contributed by atoms with van der Waals surface area (Å²) in [5.74, 6) is 1.42. The second-order valence-corrected chi connectivity index (χ2v) is 4.80. The lowest BCUT2D eigenvalue weighted by Gasteiger charge is -2.02. The van der Waals surface area contributed by atoms with Gasteiger partial charge in [-0.3, -0.25) is 4.79 Å². The van der Waals surface area contributed by atoms with E-state index in [2.05, 4.69) is 12.2 Å². The average Bonchev–Trinajstić information content (AvgIpc) is 2.67. The zero-order valence-electron chi connectivity index (χ0n) is 8.12. The molecule has 1 heterocycles. The normalized spacial score (nSPS) is 24.6. The van der Waals surface area contributed by atoms with Crippen molar-refractivity contribution < 1.29 is 4.79 Å². The van der Waals surface area contributed by atoms with Crippen molar-refractivity contribution in [3.05, 3.63) is 16.3 Å². The Morgan fingerprint density at radius 2 is 2.50 bits per heavy atom. The Bertz CT molecular complexity index is 348. The zero-order chi connectivity index (χ0) is 10.1. The summed E-state index contributed by atoms with van der Waals surface area (Å²) >= 11 is 1.39. The third-order valence-corrected chi connectivity index (χ3v) is 3.63. The summed E-state index contributed by atoms with van der Waals surface area (Å²) in [4.78, 5) is 12.2. The first kappa shape index (κ1) is 9.52. The molecule has 0 spiro atoms. The minimum atomic E-state index is -0.0309. The zero-order valence-corrected chi connectivity index (χ0v) is 8.93. The second kappa shape index (κ2) is 3.61. The largest absolute Gasteiger partial charge is 0.397 e. The molecule has 1 aliphatic carbocycles. The molecular weight excluding hydrogens is 196 g/mol. The molecule has 0 saturated heterocycles. The van der Waals surface area contributed by atoms with Crippen LogP contribution in [-0.2, 0) is 0 Å². The molecule has 3 nitrogen and oxygen atoms in total. The molecule has 1 aliphatic rings. The van der Waals surface area contributed by atoms with Crippen LogP contribution >= 0.6 is 11.3 Å². The molecule has 2 atom stereocenters. The minimum absolute atomic E-state index is 0.0309. The lowest BCUT2D eigenvalue weighted by atomic mass is 10.3. The van der Waals surface area contributed by atoms with Gasteiger partial charge in [0.25, 0.3) is 5.91 Å². The van der Waals surface area contributed by atoms with Crippen molar-refractivity contribution in [2.24, 2.45) is 11.8 Å². The van der Waals surface area contributed by atoms with Gasteiger partial charge in [-0.1, -0.05) is 6.92 Å². The van der Waals surface area contributed by atoms with Crippen LogP contribution < -0.4 is 11.1 Å². The van der Waals surface area contributed by atoms with E-state index in [1.54, 1.807) is 6.07 Å². The van der Waals surface area contributed by atoms with Gasteiger partial charge < -0.3 is 11.1 Å². The van der Waals surface area contributed by atoms with Crippen molar-refractivity contribution in [1.82, 2.24) is 5.32 Å². The molecule has 0 radical (unpaired) electrons. The van der Waals surface area contributed by atoms with Crippen LogP contribution in [0.25, 0.3) is 0 Å². The number of hydrogen-bond acceptors (Lipinski definition) is 3. The molecular formula is C10H14N2OS. The summed E-state index contributed by atoms with van der Waals surface area (Å²) in [6.07, 6.45) is 1.24. The molecule has 1 amide bonds.